The molecule has 2 fully saturated rings. The van der Waals surface area contributed by atoms with E-state index in [2.05, 4.69) is 4.58 Å². The van der Waals surface area contributed by atoms with Crippen molar-refractivity contribution in [3.8, 4) is 0 Å². The fourth-order valence-corrected chi connectivity index (χ4v) is 9.65. The summed E-state index contributed by atoms with van der Waals surface area (Å²) in [5.74, 6) is -4.76. The van der Waals surface area contributed by atoms with Crippen LogP contribution in [-0.2, 0) is 82.4 Å². The van der Waals surface area contributed by atoms with Crippen LogP contribution in [0.4, 0.5) is 11.4 Å². The summed E-state index contributed by atoms with van der Waals surface area (Å²) in [6, 6.07) is 10.9. The molecule has 21 heteroatoms. The van der Waals surface area contributed by atoms with Crippen molar-refractivity contribution >= 4 is 72.9 Å². The van der Waals surface area contributed by atoms with Crippen LogP contribution in [0.2, 0.25) is 0 Å². The minimum atomic E-state index is -4.41. The van der Waals surface area contributed by atoms with Gasteiger partial charge >= 0.3 is 41.5 Å². The van der Waals surface area contributed by atoms with E-state index in [1.54, 1.807) is 12.1 Å². The van der Waals surface area contributed by atoms with E-state index in [9.17, 15) is 54.7 Å². The molecule has 18 nitrogen and oxygen atoms in total. The molecule has 4 amide bonds. The van der Waals surface area contributed by atoms with Gasteiger partial charge in [-0.15, -0.1) is 10.1 Å². The monoisotopic (exact) mass is 959 g/mol. The Bertz CT molecular complexity index is 2640. The van der Waals surface area contributed by atoms with Crippen molar-refractivity contribution in [1.82, 2.24) is 10.1 Å². The number of hydrogen-bond acceptors (Lipinski definition) is 14. The Morgan fingerprint density at radius 1 is 0.727 bits per heavy atom. The van der Waals surface area contributed by atoms with Crippen LogP contribution < -0.4 is 34.5 Å². The van der Waals surface area contributed by atoms with Crippen molar-refractivity contribution < 1.29 is 98.5 Å². The van der Waals surface area contributed by atoms with Gasteiger partial charge in [0.15, 0.2) is 5.71 Å². The molecule has 6 rings (SSSR count). The number of benzene rings is 2. The molecule has 348 valence electrons. The molecule has 0 unspecified atom stereocenters. The Kier molecular flexibility index (Phi) is 16.6. The van der Waals surface area contributed by atoms with Gasteiger partial charge in [0.2, 0.25) is 5.69 Å². The predicted octanol–water partition coefficient (Wildman–Crippen LogP) is 1.15. The molecule has 0 aromatic heterocycles. The number of imide groups is 2. The molecule has 4 aliphatic rings. The van der Waals surface area contributed by atoms with Crippen molar-refractivity contribution in [3.05, 3.63) is 94.7 Å². The second-order valence-electron chi connectivity index (χ2n) is 17.3. The summed E-state index contributed by atoms with van der Waals surface area (Å²) in [6.45, 7) is 8.80. The van der Waals surface area contributed by atoms with Gasteiger partial charge < -0.3 is 19.1 Å². The third-order valence-electron chi connectivity index (χ3n) is 11.8. The third-order valence-corrected chi connectivity index (χ3v) is 13.4. The van der Waals surface area contributed by atoms with Crippen LogP contribution in [0.5, 0.6) is 0 Å². The fraction of sp³-hybridized carbons (Fsp3) is 0.444. The first-order chi connectivity index (χ1) is 30.5. The molecular weight excluding hydrogens is 908 g/mol. The topological polar surface area (TPSA) is 245 Å². The van der Waals surface area contributed by atoms with E-state index < -0.39 is 78.1 Å². The summed E-state index contributed by atoms with van der Waals surface area (Å²) in [5, 5.41) is 1.01. The smallest absolute Gasteiger partial charge is 0.748 e. The second-order valence-corrected chi connectivity index (χ2v) is 20.4. The average molecular weight is 960 g/mol. The second kappa shape index (κ2) is 21.0. The van der Waals surface area contributed by atoms with Crippen molar-refractivity contribution in [2.75, 3.05) is 29.5 Å². The summed E-state index contributed by atoms with van der Waals surface area (Å²) >= 11 is 0. The van der Waals surface area contributed by atoms with Gasteiger partial charge in [-0.2, -0.15) is 13.0 Å². The van der Waals surface area contributed by atoms with Crippen LogP contribution in [0.15, 0.2) is 72.5 Å². The van der Waals surface area contributed by atoms with Crippen LogP contribution >= 0.6 is 0 Å². The Labute approximate surface area is 406 Å². The van der Waals surface area contributed by atoms with E-state index in [0.717, 1.165) is 33.9 Å². The summed E-state index contributed by atoms with van der Waals surface area (Å²) in [6.07, 6.45) is 10.0. The number of hydrogen-bond donors (Lipinski definition) is 1. The van der Waals surface area contributed by atoms with Crippen molar-refractivity contribution in [3.63, 3.8) is 0 Å². The van der Waals surface area contributed by atoms with Crippen molar-refractivity contribution in [2.24, 2.45) is 0 Å². The summed E-state index contributed by atoms with van der Waals surface area (Å²) in [5.41, 5.74) is 4.98. The number of nitrogens with zero attached hydrogens (tertiary/aromatic N) is 4. The molecule has 2 aromatic carbocycles. The van der Waals surface area contributed by atoms with E-state index in [-0.39, 0.29) is 80.9 Å². The van der Waals surface area contributed by atoms with Crippen LogP contribution in [0.3, 0.4) is 0 Å². The molecule has 4 heterocycles. The molecule has 1 N–H and O–H groups in total. The minimum absolute atomic E-state index is 0. The van der Waals surface area contributed by atoms with Crippen LogP contribution in [0, 0.1) is 0 Å². The van der Waals surface area contributed by atoms with E-state index in [1.165, 1.54) is 0 Å². The molecular formula is C45H52N4NaO14S2+. The van der Waals surface area contributed by atoms with Gasteiger partial charge in [-0.3, -0.25) is 23.7 Å². The molecule has 4 aliphatic heterocycles. The maximum absolute atomic E-state index is 12.8. The van der Waals surface area contributed by atoms with E-state index in [1.807, 2.05) is 87.2 Å². The van der Waals surface area contributed by atoms with Gasteiger partial charge in [0.25, 0.3) is 33.7 Å². The maximum Gasteiger partial charge on any atom is 1.00 e. The Balaban J connectivity index is 0.00000817. The van der Waals surface area contributed by atoms with Crippen molar-refractivity contribution in [1.29, 1.82) is 0 Å². The molecule has 0 bridgehead atoms. The number of rotatable bonds is 19. The van der Waals surface area contributed by atoms with E-state index in [4.69, 9.17) is 9.68 Å². The van der Waals surface area contributed by atoms with Gasteiger partial charge in [-0.25, -0.2) is 18.0 Å². The molecule has 0 radical (unpaired) electrons. The maximum atomic E-state index is 12.8. The number of fused-ring (bicyclic) bond motifs is 2. The Hall–Kier alpha value is -4.83. The molecule has 2 aromatic rings. The normalized spacial score (nSPS) is 18.6. The minimum Gasteiger partial charge on any atom is -0.748 e. The van der Waals surface area contributed by atoms with Gasteiger partial charge in [-0.1, -0.05) is 50.3 Å². The average Bonchev–Trinajstić information content (AvgIpc) is 3.84. The van der Waals surface area contributed by atoms with E-state index in [0.29, 0.717) is 47.2 Å². The van der Waals surface area contributed by atoms with Crippen LogP contribution in [-0.4, -0.2) is 107 Å². The zero-order valence-electron chi connectivity index (χ0n) is 37.6. The number of hydroxylamine groups is 4. The Morgan fingerprint density at radius 2 is 1.26 bits per heavy atom. The summed E-state index contributed by atoms with van der Waals surface area (Å²) in [7, 11) is -8.56. The number of amides is 4. The van der Waals surface area contributed by atoms with Gasteiger partial charge in [0.1, 0.15) is 6.54 Å². The van der Waals surface area contributed by atoms with Gasteiger partial charge in [0, 0.05) is 78.9 Å². The summed E-state index contributed by atoms with van der Waals surface area (Å²) < 4.78 is 68.4. The first-order valence-corrected chi connectivity index (χ1v) is 24.4. The molecule has 66 heavy (non-hydrogen) atoms. The standard InChI is InChI=1S/C45H52N4O14S2.Na/c1-44(2)32-26-30(28-42(54)62-48-38(50)18-19-39(48)51)14-16-34(32)46(22-8-10-24-64(56,57)58)36(44)12-6-5-7-13-37-45(3,4)33-27-31(29-43(55)63-49-40(52)20-21-41(49)53)15-17-35(33)47(37)23-9-11-25-65(59,60)61;/h5-7,12-17,26-27H,8-11,18-25,28-29H2,1-4H3,(H-,56,57,58,59,60,61);/q;+1. The fourth-order valence-electron chi connectivity index (χ4n) is 8.52. The quantitative estimate of drug-likeness (QED) is 0.0519. The molecule has 0 spiro atoms. The Morgan fingerprint density at radius 3 is 1.80 bits per heavy atom. The van der Waals surface area contributed by atoms with E-state index >= 15 is 0 Å². The van der Waals surface area contributed by atoms with Gasteiger partial charge in [0.05, 0.1) is 34.1 Å². The zero-order valence-corrected chi connectivity index (χ0v) is 41.2. The first kappa shape index (κ1) is 52.1. The predicted molar refractivity (Wildman–Crippen MR) is 234 cm³/mol. The third kappa shape index (κ3) is 12.4. The number of carbonyl (C=O) groups is 6. The van der Waals surface area contributed by atoms with Crippen LogP contribution in [0.1, 0.15) is 101 Å². The number of anilines is 1. The van der Waals surface area contributed by atoms with Gasteiger partial charge in [-0.05, 0) is 68.0 Å². The largest absolute Gasteiger partial charge is 1.00 e. The summed E-state index contributed by atoms with van der Waals surface area (Å²) in [4.78, 5) is 85.8. The first-order valence-electron chi connectivity index (χ1n) is 21.2. The molecule has 0 atom stereocenters. The number of unbranched alkanes of at least 4 members (excludes halogenated alkanes) is 2. The number of carbonyl (C=O) groups excluding carboxylic acids is 6. The number of allylic oxidation sites excluding steroid dienone is 6. The van der Waals surface area contributed by atoms with Crippen molar-refractivity contribution in [2.45, 2.75) is 103 Å². The van der Waals surface area contributed by atoms with Crippen LogP contribution in [0.25, 0.3) is 0 Å². The SMILES string of the molecule is CC1(C)C(=CC=CC=CC2=[N+](CCCCS(=O)(=O)O)c3ccc(CC(=O)ON4C(=O)CCC4=O)cc3C2(C)C)N(CCCCS(=O)(=O)[O-])c2ccc(CC(=O)ON3C(=O)CCC3=O)cc21.[Na+]. The molecule has 2 saturated heterocycles. The zero-order chi connectivity index (χ0) is 47.5. The molecule has 0 saturated carbocycles. The molecule has 0 aliphatic carbocycles.